The summed E-state index contributed by atoms with van der Waals surface area (Å²) in [4.78, 5) is 36.6. The third-order valence-electron chi connectivity index (χ3n) is 5.60. The zero-order valence-corrected chi connectivity index (χ0v) is 18.7. The number of terminal acetylenes is 1. The molecule has 7 heteroatoms. The number of aliphatic carboxylic acids is 1. The second-order valence-corrected chi connectivity index (χ2v) is 8.46. The molecule has 0 radical (unpaired) electrons. The van der Waals surface area contributed by atoms with Crippen LogP contribution in [0.2, 0.25) is 0 Å². The number of ether oxygens (including phenoxy) is 1. The molecule has 2 aromatic carbocycles. The number of hydrogen-bond donors (Lipinski definition) is 3. The van der Waals surface area contributed by atoms with Crippen LogP contribution in [-0.2, 0) is 14.3 Å². The first-order valence-corrected chi connectivity index (χ1v) is 10.9. The molecule has 7 nitrogen and oxygen atoms in total. The standard InChI is InChI=1S/C26H28N2O5/c1-4-9-22(24(29)27-23(25(30)31)14-16(2)3)28-26(32)33-15-21-19-12-7-5-10-17(19)18-11-6-8-13-20(18)21/h1,5-8,10-13,16,21-23H,9,14-15H2,2-3H3,(H,27,29)(H,28,32)(H,30,31). The van der Waals surface area contributed by atoms with Crippen LogP contribution in [0.3, 0.4) is 0 Å². The summed E-state index contributed by atoms with van der Waals surface area (Å²) < 4.78 is 5.47. The van der Waals surface area contributed by atoms with Crippen LogP contribution in [0.1, 0.15) is 43.7 Å². The van der Waals surface area contributed by atoms with Gasteiger partial charge in [0.1, 0.15) is 18.7 Å². The maximum Gasteiger partial charge on any atom is 0.407 e. The monoisotopic (exact) mass is 448 g/mol. The molecule has 1 aliphatic rings. The molecular formula is C26H28N2O5. The molecule has 2 amide bonds. The topological polar surface area (TPSA) is 105 Å². The van der Waals surface area contributed by atoms with E-state index < -0.39 is 30.1 Å². The number of carbonyl (C=O) groups is 3. The predicted octanol–water partition coefficient (Wildman–Crippen LogP) is 3.53. The molecule has 0 saturated heterocycles. The van der Waals surface area contributed by atoms with Crippen molar-refractivity contribution in [2.75, 3.05) is 6.61 Å². The number of benzene rings is 2. The van der Waals surface area contributed by atoms with Crippen LogP contribution in [0.25, 0.3) is 11.1 Å². The van der Waals surface area contributed by atoms with Crippen LogP contribution in [0.15, 0.2) is 48.5 Å². The summed E-state index contributed by atoms with van der Waals surface area (Å²) in [7, 11) is 0. The highest BCUT2D eigenvalue weighted by Crippen LogP contribution is 2.44. The van der Waals surface area contributed by atoms with Gasteiger partial charge in [-0.15, -0.1) is 12.3 Å². The fourth-order valence-corrected chi connectivity index (χ4v) is 4.07. The van der Waals surface area contributed by atoms with Gasteiger partial charge in [-0.2, -0.15) is 0 Å². The van der Waals surface area contributed by atoms with E-state index in [1.54, 1.807) is 0 Å². The number of fused-ring (bicyclic) bond motifs is 3. The lowest BCUT2D eigenvalue weighted by atomic mass is 9.98. The molecule has 2 unspecified atom stereocenters. The Morgan fingerprint density at radius 1 is 1.00 bits per heavy atom. The van der Waals surface area contributed by atoms with E-state index in [9.17, 15) is 19.5 Å². The Morgan fingerprint density at radius 2 is 1.58 bits per heavy atom. The van der Waals surface area contributed by atoms with Gasteiger partial charge < -0.3 is 20.5 Å². The number of carbonyl (C=O) groups excluding carboxylic acids is 2. The van der Waals surface area contributed by atoms with Crippen molar-refractivity contribution in [1.82, 2.24) is 10.6 Å². The van der Waals surface area contributed by atoms with Crippen LogP contribution < -0.4 is 10.6 Å². The average molecular weight is 449 g/mol. The molecule has 172 valence electrons. The van der Waals surface area contributed by atoms with E-state index in [4.69, 9.17) is 11.2 Å². The molecule has 3 rings (SSSR count). The highest BCUT2D eigenvalue weighted by atomic mass is 16.5. The third-order valence-corrected chi connectivity index (χ3v) is 5.60. The van der Waals surface area contributed by atoms with E-state index in [2.05, 4.69) is 16.6 Å². The lowest BCUT2D eigenvalue weighted by molar-refractivity contribution is -0.142. The van der Waals surface area contributed by atoms with Crippen molar-refractivity contribution < 1.29 is 24.2 Å². The van der Waals surface area contributed by atoms with Gasteiger partial charge in [0, 0.05) is 12.3 Å². The largest absolute Gasteiger partial charge is 0.480 e. The van der Waals surface area contributed by atoms with Gasteiger partial charge in [-0.05, 0) is 34.6 Å². The van der Waals surface area contributed by atoms with Crippen molar-refractivity contribution in [2.45, 2.75) is 44.7 Å². The van der Waals surface area contributed by atoms with Gasteiger partial charge in [-0.1, -0.05) is 62.4 Å². The molecule has 0 fully saturated rings. The minimum Gasteiger partial charge on any atom is -0.480 e. The molecule has 2 aromatic rings. The molecule has 0 saturated carbocycles. The molecule has 0 aromatic heterocycles. The van der Waals surface area contributed by atoms with E-state index in [-0.39, 0.29) is 31.3 Å². The first-order chi connectivity index (χ1) is 15.8. The van der Waals surface area contributed by atoms with Crippen molar-refractivity contribution in [1.29, 1.82) is 0 Å². The zero-order chi connectivity index (χ0) is 24.0. The smallest absolute Gasteiger partial charge is 0.407 e. The molecule has 0 aliphatic heterocycles. The van der Waals surface area contributed by atoms with Gasteiger partial charge in [0.05, 0.1) is 0 Å². The van der Waals surface area contributed by atoms with Gasteiger partial charge in [0.25, 0.3) is 0 Å². The second-order valence-electron chi connectivity index (χ2n) is 8.46. The maximum atomic E-state index is 12.6. The van der Waals surface area contributed by atoms with Crippen LogP contribution in [0.5, 0.6) is 0 Å². The average Bonchev–Trinajstić information content (AvgIpc) is 3.10. The van der Waals surface area contributed by atoms with Crippen LogP contribution in [0.4, 0.5) is 4.79 Å². The second kappa shape index (κ2) is 10.7. The Hall–Kier alpha value is -3.79. The van der Waals surface area contributed by atoms with Crippen LogP contribution >= 0.6 is 0 Å². The highest BCUT2D eigenvalue weighted by molar-refractivity contribution is 5.89. The van der Waals surface area contributed by atoms with Crippen molar-refractivity contribution in [3.8, 4) is 23.5 Å². The molecule has 3 N–H and O–H groups in total. The molecule has 0 bridgehead atoms. The lowest BCUT2D eigenvalue weighted by Crippen LogP contribution is -2.52. The number of rotatable bonds is 9. The number of alkyl carbamates (subject to hydrolysis) is 1. The van der Waals surface area contributed by atoms with Crippen LogP contribution in [0, 0.1) is 18.3 Å². The number of carboxylic acids is 1. The fraction of sp³-hybridized carbons (Fsp3) is 0.346. The fourth-order valence-electron chi connectivity index (χ4n) is 4.07. The van der Waals surface area contributed by atoms with E-state index in [1.165, 1.54) is 0 Å². The first-order valence-electron chi connectivity index (χ1n) is 10.9. The van der Waals surface area contributed by atoms with Gasteiger partial charge in [0.15, 0.2) is 0 Å². The quantitative estimate of drug-likeness (QED) is 0.509. The summed E-state index contributed by atoms with van der Waals surface area (Å²) in [5, 5.41) is 14.3. The summed E-state index contributed by atoms with van der Waals surface area (Å²) in [6, 6.07) is 13.8. The summed E-state index contributed by atoms with van der Waals surface area (Å²) >= 11 is 0. The molecule has 1 aliphatic carbocycles. The van der Waals surface area contributed by atoms with Crippen molar-refractivity contribution in [3.05, 3.63) is 59.7 Å². The summed E-state index contributed by atoms with van der Waals surface area (Å²) in [5.41, 5.74) is 4.36. The van der Waals surface area contributed by atoms with Gasteiger partial charge in [-0.25, -0.2) is 9.59 Å². The number of amides is 2. The Morgan fingerprint density at radius 3 is 2.09 bits per heavy atom. The molecule has 33 heavy (non-hydrogen) atoms. The predicted molar refractivity (Wildman–Crippen MR) is 124 cm³/mol. The Balaban J connectivity index is 1.64. The van der Waals surface area contributed by atoms with Gasteiger partial charge >= 0.3 is 12.1 Å². The molecule has 0 spiro atoms. The molecule has 0 heterocycles. The maximum absolute atomic E-state index is 12.6. The minimum absolute atomic E-state index is 0.0626. The van der Waals surface area contributed by atoms with Crippen LogP contribution in [-0.4, -0.2) is 41.8 Å². The zero-order valence-electron chi connectivity index (χ0n) is 18.7. The summed E-state index contributed by atoms with van der Waals surface area (Å²) in [6.45, 7) is 3.81. The number of nitrogens with one attached hydrogen (secondary N) is 2. The minimum atomic E-state index is -1.14. The Bertz CT molecular complexity index is 1030. The number of carboxylic acid groups (broad SMARTS) is 1. The van der Waals surface area contributed by atoms with Crippen molar-refractivity contribution >= 4 is 18.0 Å². The lowest BCUT2D eigenvalue weighted by Gasteiger charge is -2.21. The van der Waals surface area contributed by atoms with E-state index >= 15 is 0 Å². The highest BCUT2D eigenvalue weighted by Gasteiger charge is 2.30. The third kappa shape index (κ3) is 5.72. The SMILES string of the molecule is C#CCC(NC(=O)OCC1c2ccccc2-c2ccccc21)C(=O)NC(CC(C)C)C(=O)O. The van der Waals surface area contributed by atoms with Gasteiger partial charge in [0.2, 0.25) is 5.91 Å². The van der Waals surface area contributed by atoms with E-state index in [0.29, 0.717) is 0 Å². The Kier molecular flexibility index (Phi) is 7.73. The van der Waals surface area contributed by atoms with E-state index in [1.807, 2.05) is 62.4 Å². The van der Waals surface area contributed by atoms with E-state index in [0.717, 1.165) is 22.3 Å². The van der Waals surface area contributed by atoms with Crippen molar-refractivity contribution in [3.63, 3.8) is 0 Å². The Labute approximate surface area is 193 Å². The summed E-state index contributed by atoms with van der Waals surface area (Å²) in [5.74, 6) is 0.486. The number of hydrogen-bond acceptors (Lipinski definition) is 4. The summed E-state index contributed by atoms with van der Waals surface area (Å²) in [6.07, 6.45) is 4.73. The normalized spacial score (nSPS) is 13.9. The van der Waals surface area contributed by atoms with Gasteiger partial charge in [-0.3, -0.25) is 4.79 Å². The molecule has 2 atom stereocenters. The van der Waals surface area contributed by atoms with Crippen molar-refractivity contribution in [2.24, 2.45) is 5.92 Å². The molecular weight excluding hydrogens is 420 g/mol. The first kappa shape index (κ1) is 23.9.